The Morgan fingerprint density at radius 3 is 2.46 bits per heavy atom. The van der Waals surface area contributed by atoms with Crippen molar-refractivity contribution in [2.45, 2.75) is 13.5 Å². The molecule has 0 saturated carbocycles. The summed E-state index contributed by atoms with van der Waals surface area (Å²) >= 11 is 0. The number of nitrogens with one attached hydrogen (secondary N) is 2. The Balaban J connectivity index is 2.11. The summed E-state index contributed by atoms with van der Waals surface area (Å²) in [5.41, 5.74) is 0.121. The summed E-state index contributed by atoms with van der Waals surface area (Å²) in [5.74, 6) is -0.779. The van der Waals surface area contributed by atoms with E-state index in [-0.39, 0.29) is 18.1 Å². The van der Waals surface area contributed by atoms with Gasteiger partial charge in [-0.1, -0.05) is 6.07 Å². The minimum absolute atomic E-state index is 0.248. The Bertz CT molecular complexity index is 859. The van der Waals surface area contributed by atoms with Gasteiger partial charge in [0.15, 0.2) is 0 Å². The summed E-state index contributed by atoms with van der Waals surface area (Å²) in [4.78, 5) is 44.8. The Hall–Kier alpha value is -3.49. The predicted molar refractivity (Wildman–Crippen MR) is 86.7 cm³/mol. The SMILES string of the molecule is CC(=O)Nc1cccc(NC(=O)Cn2cc([N+](=O)[O-])ccc2=O)c1. The summed E-state index contributed by atoms with van der Waals surface area (Å²) in [7, 11) is 0. The fourth-order valence-electron chi connectivity index (χ4n) is 1.98. The van der Waals surface area contributed by atoms with Crippen LogP contribution in [-0.4, -0.2) is 21.3 Å². The van der Waals surface area contributed by atoms with E-state index in [1.165, 1.54) is 6.92 Å². The summed E-state index contributed by atoms with van der Waals surface area (Å²) in [6.07, 6.45) is 1.01. The van der Waals surface area contributed by atoms with E-state index in [0.717, 1.165) is 22.9 Å². The van der Waals surface area contributed by atoms with Crippen LogP contribution in [0.15, 0.2) is 47.4 Å². The first kappa shape index (κ1) is 16.9. The monoisotopic (exact) mass is 330 g/mol. The van der Waals surface area contributed by atoms with E-state index in [2.05, 4.69) is 10.6 Å². The van der Waals surface area contributed by atoms with Crippen LogP contribution in [0.25, 0.3) is 0 Å². The largest absolute Gasteiger partial charge is 0.326 e. The molecule has 9 nitrogen and oxygen atoms in total. The van der Waals surface area contributed by atoms with E-state index in [0.29, 0.717) is 11.4 Å². The van der Waals surface area contributed by atoms with Crippen molar-refractivity contribution >= 4 is 28.9 Å². The number of amides is 2. The maximum absolute atomic E-state index is 12.0. The number of hydrogen-bond donors (Lipinski definition) is 2. The molecule has 2 rings (SSSR count). The van der Waals surface area contributed by atoms with Gasteiger partial charge in [0, 0.05) is 30.4 Å². The number of carbonyl (C=O) groups excluding carboxylic acids is 2. The molecule has 0 aliphatic rings. The van der Waals surface area contributed by atoms with Crippen LogP contribution in [0.2, 0.25) is 0 Å². The van der Waals surface area contributed by atoms with E-state index in [1.54, 1.807) is 24.3 Å². The van der Waals surface area contributed by atoms with Crippen LogP contribution >= 0.6 is 0 Å². The van der Waals surface area contributed by atoms with E-state index in [4.69, 9.17) is 0 Å². The normalized spacial score (nSPS) is 10.0. The summed E-state index contributed by atoms with van der Waals surface area (Å²) in [6, 6.07) is 8.56. The first-order valence-corrected chi connectivity index (χ1v) is 6.87. The topological polar surface area (TPSA) is 123 Å². The third-order valence-electron chi connectivity index (χ3n) is 2.96. The first-order chi connectivity index (χ1) is 11.3. The molecule has 1 aromatic heterocycles. The molecule has 2 aromatic rings. The molecular weight excluding hydrogens is 316 g/mol. The highest BCUT2D eigenvalue weighted by atomic mass is 16.6. The molecule has 24 heavy (non-hydrogen) atoms. The van der Waals surface area contributed by atoms with Gasteiger partial charge >= 0.3 is 0 Å². The summed E-state index contributed by atoms with van der Waals surface area (Å²) < 4.78 is 0.950. The molecule has 2 amide bonds. The van der Waals surface area contributed by atoms with Gasteiger partial charge in [0.1, 0.15) is 6.54 Å². The Labute approximate surface area is 136 Å². The van der Waals surface area contributed by atoms with Gasteiger partial charge in [0.2, 0.25) is 11.8 Å². The fourth-order valence-corrected chi connectivity index (χ4v) is 1.98. The van der Waals surface area contributed by atoms with Crippen LogP contribution in [0.4, 0.5) is 17.1 Å². The number of benzene rings is 1. The number of anilines is 2. The van der Waals surface area contributed by atoms with Gasteiger partial charge in [-0.05, 0) is 18.2 Å². The molecule has 0 radical (unpaired) electrons. The molecule has 9 heteroatoms. The lowest BCUT2D eigenvalue weighted by Crippen LogP contribution is -2.27. The standard InChI is InChI=1S/C15H14N4O5/c1-10(20)16-11-3-2-4-12(7-11)17-14(21)9-18-8-13(19(23)24)5-6-15(18)22/h2-8H,9H2,1H3,(H,16,20)(H,17,21). The van der Waals surface area contributed by atoms with Gasteiger partial charge in [-0.2, -0.15) is 0 Å². The lowest BCUT2D eigenvalue weighted by atomic mass is 10.2. The molecule has 0 spiro atoms. The molecular formula is C15H14N4O5. The molecule has 2 N–H and O–H groups in total. The van der Waals surface area contributed by atoms with Crippen molar-refractivity contribution < 1.29 is 14.5 Å². The Kier molecular flexibility index (Phi) is 5.05. The van der Waals surface area contributed by atoms with E-state index in [9.17, 15) is 24.5 Å². The lowest BCUT2D eigenvalue weighted by molar-refractivity contribution is -0.385. The first-order valence-electron chi connectivity index (χ1n) is 6.87. The van der Waals surface area contributed by atoms with Gasteiger partial charge < -0.3 is 10.6 Å². The van der Waals surface area contributed by atoms with E-state index in [1.807, 2.05) is 0 Å². The van der Waals surface area contributed by atoms with E-state index < -0.39 is 16.4 Å². The quantitative estimate of drug-likeness (QED) is 0.633. The lowest BCUT2D eigenvalue weighted by Gasteiger charge is -2.09. The second-order valence-electron chi connectivity index (χ2n) is 4.92. The maximum Gasteiger partial charge on any atom is 0.285 e. The molecule has 0 bridgehead atoms. The summed E-state index contributed by atoms with van der Waals surface area (Å²) in [6.45, 7) is 0.991. The highest BCUT2D eigenvalue weighted by Gasteiger charge is 2.11. The molecule has 1 aromatic carbocycles. The van der Waals surface area contributed by atoms with Crippen molar-refractivity contribution in [1.29, 1.82) is 0 Å². The van der Waals surface area contributed by atoms with Crippen LogP contribution in [0.5, 0.6) is 0 Å². The molecule has 0 saturated heterocycles. The van der Waals surface area contributed by atoms with Gasteiger partial charge in [0.25, 0.3) is 11.2 Å². The molecule has 0 aliphatic heterocycles. The predicted octanol–water partition coefficient (Wildman–Crippen LogP) is 1.35. The van der Waals surface area contributed by atoms with Crippen molar-refractivity contribution in [1.82, 2.24) is 4.57 Å². The number of rotatable bonds is 5. The number of carbonyl (C=O) groups is 2. The van der Waals surface area contributed by atoms with Crippen molar-refractivity contribution in [2.75, 3.05) is 10.6 Å². The smallest absolute Gasteiger partial charge is 0.285 e. The number of nitrogens with zero attached hydrogens (tertiary/aromatic N) is 2. The van der Waals surface area contributed by atoms with Gasteiger partial charge in [-0.25, -0.2) is 0 Å². The van der Waals surface area contributed by atoms with Gasteiger partial charge in [0.05, 0.1) is 11.1 Å². The Morgan fingerprint density at radius 2 is 1.83 bits per heavy atom. The van der Waals surface area contributed by atoms with Crippen LogP contribution < -0.4 is 16.2 Å². The number of nitro groups is 1. The molecule has 0 unspecified atom stereocenters. The second kappa shape index (κ2) is 7.18. The van der Waals surface area contributed by atoms with Crippen molar-refractivity contribution in [3.63, 3.8) is 0 Å². The molecule has 0 aliphatic carbocycles. The number of aromatic nitrogens is 1. The number of hydrogen-bond acceptors (Lipinski definition) is 5. The van der Waals surface area contributed by atoms with Crippen molar-refractivity contribution in [3.05, 3.63) is 63.1 Å². The zero-order chi connectivity index (χ0) is 17.7. The highest BCUT2D eigenvalue weighted by molar-refractivity contribution is 5.93. The van der Waals surface area contributed by atoms with Gasteiger partial charge in [-0.15, -0.1) is 0 Å². The van der Waals surface area contributed by atoms with Gasteiger partial charge in [-0.3, -0.25) is 29.1 Å². The molecule has 1 heterocycles. The molecule has 124 valence electrons. The van der Waals surface area contributed by atoms with Crippen LogP contribution in [0, 0.1) is 10.1 Å². The van der Waals surface area contributed by atoms with Crippen LogP contribution in [0.3, 0.4) is 0 Å². The van der Waals surface area contributed by atoms with Crippen molar-refractivity contribution in [3.8, 4) is 0 Å². The maximum atomic E-state index is 12.0. The van der Waals surface area contributed by atoms with E-state index >= 15 is 0 Å². The van der Waals surface area contributed by atoms with Crippen LogP contribution in [-0.2, 0) is 16.1 Å². The Morgan fingerprint density at radius 1 is 1.17 bits per heavy atom. The molecule has 0 fully saturated rings. The average molecular weight is 330 g/mol. The average Bonchev–Trinajstić information content (AvgIpc) is 2.48. The molecule has 0 atom stereocenters. The number of pyridine rings is 1. The minimum Gasteiger partial charge on any atom is -0.326 e. The fraction of sp³-hybridized carbons (Fsp3) is 0.133. The van der Waals surface area contributed by atoms with Crippen molar-refractivity contribution in [2.24, 2.45) is 0 Å². The minimum atomic E-state index is -0.648. The summed E-state index contributed by atoms with van der Waals surface area (Å²) in [5, 5.41) is 15.9. The third kappa shape index (κ3) is 4.50. The second-order valence-corrected chi connectivity index (χ2v) is 4.92. The zero-order valence-electron chi connectivity index (χ0n) is 12.7. The third-order valence-corrected chi connectivity index (χ3v) is 2.96. The zero-order valence-corrected chi connectivity index (χ0v) is 12.7. The van der Waals surface area contributed by atoms with Crippen LogP contribution in [0.1, 0.15) is 6.92 Å². The highest BCUT2D eigenvalue weighted by Crippen LogP contribution is 2.15.